The minimum Gasteiger partial charge on any atom is -0.399 e. The number of rotatable bonds is 3. The molecule has 1 fully saturated rings. The lowest BCUT2D eigenvalue weighted by atomic mass is 9.86. The molecule has 2 aromatic rings. The van der Waals surface area contributed by atoms with Crippen LogP contribution < -0.4 is 11.1 Å². The molecule has 0 bridgehead atoms. The Kier molecular flexibility index (Phi) is 2.44. The van der Waals surface area contributed by atoms with E-state index in [4.69, 9.17) is 5.73 Å². The minimum absolute atomic E-state index is 0.807. The molecule has 0 radical (unpaired) electrons. The number of nitrogen functional groups attached to an aromatic ring is 1. The maximum atomic E-state index is 5.74. The molecule has 3 N–H and O–H groups in total. The fourth-order valence-electron chi connectivity index (χ4n) is 1.95. The normalized spacial score (nSPS) is 16.2. The predicted molar refractivity (Wildman–Crippen MR) is 69.9 cm³/mol. The van der Waals surface area contributed by atoms with Gasteiger partial charge in [-0.3, -0.25) is 0 Å². The van der Waals surface area contributed by atoms with Gasteiger partial charge < -0.3 is 11.1 Å². The van der Waals surface area contributed by atoms with Crippen LogP contribution in [0.2, 0.25) is 0 Å². The highest BCUT2D eigenvalue weighted by Gasteiger charge is 2.17. The van der Waals surface area contributed by atoms with Gasteiger partial charge in [0.1, 0.15) is 0 Å². The first-order chi connectivity index (χ1) is 7.81. The van der Waals surface area contributed by atoms with E-state index >= 15 is 0 Å². The molecule has 1 aliphatic rings. The Morgan fingerprint density at radius 2 is 2.31 bits per heavy atom. The van der Waals surface area contributed by atoms with Crippen LogP contribution in [0.15, 0.2) is 18.2 Å². The largest absolute Gasteiger partial charge is 0.399 e. The molecule has 3 nitrogen and oxygen atoms in total. The maximum Gasteiger partial charge on any atom is 0.183 e. The molecule has 0 spiro atoms. The van der Waals surface area contributed by atoms with Crippen molar-refractivity contribution >= 4 is 32.4 Å². The summed E-state index contributed by atoms with van der Waals surface area (Å²) in [6.45, 7) is 1.06. The highest BCUT2D eigenvalue weighted by atomic mass is 32.1. The van der Waals surface area contributed by atoms with E-state index in [0.717, 1.165) is 33.5 Å². The van der Waals surface area contributed by atoms with E-state index in [9.17, 15) is 0 Å². The maximum absolute atomic E-state index is 5.74. The van der Waals surface area contributed by atoms with Crippen LogP contribution in [0.4, 0.5) is 10.8 Å². The van der Waals surface area contributed by atoms with Crippen molar-refractivity contribution in [2.24, 2.45) is 5.92 Å². The van der Waals surface area contributed by atoms with Crippen molar-refractivity contribution in [3.05, 3.63) is 18.2 Å². The average molecular weight is 233 g/mol. The number of aromatic nitrogens is 1. The highest BCUT2D eigenvalue weighted by Crippen LogP contribution is 2.30. The first kappa shape index (κ1) is 9.90. The second-order valence-corrected chi connectivity index (χ2v) is 5.45. The third-order valence-corrected chi connectivity index (χ3v) is 4.16. The van der Waals surface area contributed by atoms with Gasteiger partial charge in [-0.05, 0) is 37.0 Å². The van der Waals surface area contributed by atoms with Crippen molar-refractivity contribution in [3.8, 4) is 0 Å². The van der Waals surface area contributed by atoms with Crippen LogP contribution in [-0.4, -0.2) is 11.5 Å². The molecule has 16 heavy (non-hydrogen) atoms. The van der Waals surface area contributed by atoms with Gasteiger partial charge in [-0.2, -0.15) is 0 Å². The van der Waals surface area contributed by atoms with Crippen LogP contribution in [0, 0.1) is 5.92 Å². The summed E-state index contributed by atoms with van der Waals surface area (Å²) in [5, 5.41) is 4.44. The van der Waals surface area contributed by atoms with Gasteiger partial charge in [0, 0.05) is 12.2 Å². The summed E-state index contributed by atoms with van der Waals surface area (Å²) in [6, 6.07) is 5.87. The molecular weight excluding hydrogens is 218 g/mol. The fourth-order valence-corrected chi connectivity index (χ4v) is 2.87. The third-order valence-electron chi connectivity index (χ3n) is 3.18. The van der Waals surface area contributed by atoms with E-state index in [1.807, 2.05) is 18.2 Å². The Morgan fingerprint density at radius 3 is 3.06 bits per heavy atom. The molecular formula is C12H15N3S. The van der Waals surface area contributed by atoms with Crippen molar-refractivity contribution in [3.63, 3.8) is 0 Å². The molecule has 84 valence electrons. The zero-order chi connectivity index (χ0) is 11.0. The minimum atomic E-state index is 0.807. The lowest BCUT2D eigenvalue weighted by Crippen LogP contribution is -2.20. The van der Waals surface area contributed by atoms with E-state index in [2.05, 4.69) is 10.3 Å². The van der Waals surface area contributed by atoms with Crippen LogP contribution in [0.3, 0.4) is 0 Å². The zero-order valence-corrected chi connectivity index (χ0v) is 9.89. The number of hydrogen-bond donors (Lipinski definition) is 2. The standard InChI is InChI=1S/C12H15N3S/c13-9-4-5-10-11(6-9)16-12(15-10)14-7-8-2-1-3-8/h4-6,8H,1-3,7,13H2,(H,14,15). The van der Waals surface area contributed by atoms with Crippen LogP contribution in [0.1, 0.15) is 19.3 Å². The summed E-state index contributed by atoms with van der Waals surface area (Å²) >= 11 is 1.69. The predicted octanol–water partition coefficient (Wildman–Crippen LogP) is 3.09. The van der Waals surface area contributed by atoms with Gasteiger partial charge in [0.2, 0.25) is 0 Å². The summed E-state index contributed by atoms with van der Waals surface area (Å²) < 4.78 is 1.16. The number of benzene rings is 1. The van der Waals surface area contributed by atoms with Gasteiger partial charge in [0.15, 0.2) is 5.13 Å². The molecule has 1 heterocycles. The van der Waals surface area contributed by atoms with Crippen LogP contribution in [0.5, 0.6) is 0 Å². The Morgan fingerprint density at radius 1 is 1.44 bits per heavy atom. The second kappa shape index (κ2) is 3.94. The van der Waals surface area contributed by atoms with Gasteiger partial charge in [0.25, 0.3) is 0 Å². The Labute approximate surface area is 98.7 Å². The molecule has 0 aliphatic heterocycles. The topological polar surface area (TPSA) is 50.9 Å². The number of hydrogen-bond acceptors (Lipinski definition) is 4. The molecule has 1 saturated carbocycles. The van der Waals surface area contributed by atoms with Crippen molar-refractivity contribution in [2.45, 2.75) is 19.3 Å². The molecule has 0 amide bonds. The first-order valence-electron chi connectivity index (χ1n) is 5.71. The third kappa shape index (κ3) is 1.85. The summed E-state index contributed by atoms with van der Waals surface area (Å²) in [6.07, 6.45) is 4.12. The van der Waals surface area contributed by atoms with E-state index in [0.29, 0.717) is 0 Å². The monoisotopic (exact) mass is 233 g/mol. The molecule has 1 aliphatic carbocycles. The number of fused-ring (bicyclic) bond motifs is 1. The summed E-state index contributed by atoms with van der Waals surface area (Å²) in [5.74, 6) is 0.858. The van der Waals surface area contributed by atoms with Crippen LogP contribution >= 0.6 is 11.3 Å². The lowest BCUT2D eigenvalue weighted by molar-refractivity contribution is 0.333. The molecule has 0 unspecified atom stereocenters. The number of nitrogens with two attached hydrogens (primary N) is 1. The first-order valence-corrected chi connectivity index (χ1v) is 6.53. The smallest absolute Gasteiger partial charge is 0.183 e. The highest BCUT2D eigenvalue weighted by molar-refractivity contribution is 7.22. The number of nitrogens with zero attached hydrogens (tertiary/aromatic N) is 1. The molecule has 1 aromatic heterocycles. The van der Waals surface area contributed by atoms with Crippen molar-refractivity contribution in [1.29, 1.82) is 0 Å². The molecule has 3 rings (SSSR count). The molecule has 1 aromatic carbocycles. The second-order valence-electron chi connectivity index (χ2n) is 4.42. The van der Waals surface area contributed by atoms with Gasteiger partial charge in [-0.15, -0.1) is 0 Å². The number of nitrogens with one attached hydrogen (secondary N) is 1. The van der Waals surface area contributed by atoms with E-state index in [-0.39, 0.29) is 0 Å². The number of thiazole rings is 1. The Hall–Kier alpha value is -1.29. The van der Waals surface area contributed by atoms with Crippen molar-refractivity contribution in [2.75, 3.05) is 17.6 Å². The van der Waals surface area contributed by atoms with E-state index in [1.165, 1.54) is 19.3 Å². The average Bonchev–Trinajstić information content (AvgIpc) is 2.57. The lowest BCUT2D eigenvalue weighted by Gasteiger charge is -2.25. The molecule has 4 heteroatoms. The van der Waals surface area contributed by atoms with Gasteiger partial charge >= 0.3 is 0 Å². The number of anilines is 2. The zero-order valence-electron chi connectivity index (χ0n) is 9.07. The quantitative estimate of drug-likeness (QED) is 0.801. The Balaban J connectivity index is 1.76. The van der Waals surface area contributed by atoms with Gasteiger partial charge in [0.05, 0.1) is 10.2 Å². The van der Waals surface area contributed by atoms with E-state index in [1.54, 1.807) is 11.3 Å². The van der Waals surface area contributed by atoms with Crippen LogP contribution in [-0.2, 0) is 0 Å². The molecule has 0 atom stereocenters. The summed E-state index contributed by atoms with van der Waals surface area (Å²) in [5.41, 5.74) is 7.59. The SMILES string of the molecule is Nc1ccc2nc(NCC3CCC3)sc2c1. The molecule has 0 saturated heterocycles. The van der Waals surface area contributed by atoms with Crippen molar-refractivity contribution in [1.82, 2.24) is 4.98 Å². The summed E-state index contributed by atoms with van der Waals surface area (Å²) in [7, 11) is 0. The van der Waals surface area contributed by atoms with Gasteiger partial charge in [-0.25, -0.2) is 4.98 Å². The summed E-state index contributed by atoms with van der Waals surface area (Å²) in [4.78, 5) is 4.54. The fraction of sp³-hybridized carbons (Fsp3) is 0.417. The van der Waals surface area contributed by atoms with Crippen LogP contribution in [0.25, 0.3) is 10.2 Å². The van der Waals surface area contributed by atoms with Gasteiger partial charge in [-0.1, -0.05) is 17.8 Å². The Bertz CT molecular complexity index is 502. The van der Waals surface area contributed by atoms with Crippen molar-refractivity contribution < 1.29 is 0 Å². The van der Waals surface area contributed by atoms with E-state index < -0.39 is 0 Å².